The van der Waals surface area contributed by atoms with Crippen LogP contribution in [0.1, 0.15) is 30.0 Å². The minimum Gasteiger partial charge on any atom is -0.332 e. The Kier molecular flexibility index (Phi) is 3.27. The van der Waals surface area contributed by atoms with Crippen LogP contribution in [0.15, 0.2) is 41.6 Å². The van der Waals surface area contributed by atoms with Gasteiger partial charge in [0.25, 0.3) is 5.56 Å². The molecule has 118 valence electrons. The van der Waals surface area contributed by atoms with Gasteiger partial charge in [-0.15, -0.1) is 0 Å². The first-order valence-corrected chi connectivity index (χ1v) is 7.86. The van der Waals surface area contributed by atoms with Crippen molar-refractivity contribution in [3.05, 3.63) is 64.2 Å². The van der Waals surface area contributed by atoms with Crippen molar-refractivity contribution >= 4 is 5.65 Å². The van der Waals surface area contributed by atoms with E-state index in [1.807, 2.05) is 37.6 Å². The summed E-state index contributed by atoms with van der Waals surface area (Å²) >= 11 is 0. The average Bonchev–Trinajstić information content (AvgIpc) is 3.00. The lowest BCUT2D eigenvalue weighted by Gasteiger charge is -2.33. The van der Waals surface area contributed by atoms with Crippen molar-refractivity contribution in [2.24, 2.45) is 0 Å². The molecule has 4 heterocycles. The standard InChI is InChI=1S/C17H19N5O/c1-12-3-4-15-19-14(9-16(23)22(15)10-12)11-21-8-7-20-6-5-18-17(20)13(21)2/h3-6,9-10,13H,7-8,11H2,1-2H3. The summed E-state index contributed by atoms with van der Waals surface area (Å²) in [5.41, 5.74) is 2.53. The van der Waals surface area contributed by atoms with Crippen LogP contribution >= 0.6 is 0 Å². The number of hydrogen-bond donors (Lipinski definition) is 0. The quantitative estimate of drug-likeness (QED) is 0.724. The molecule has 0 amide bonds. The van der Waals surface area contributed by atoms with Gasteiger partial charge in [-0.05, 0) is 25.5 Å². The summed E-state index contributed by atoms with van der Waals surface area (Å²) in [4.78, 5) is 23.7. The van der Waals surface area contributed by atoms with Gasteiger partial charge in [0.15, 0.2) is 0 Å². The van der Waals surface area contributed by atoms with Crippen molar-refractivity contribution in [1.82, 2.24) is 23.8 Å². The van der Waals surface area contributed by atoms with Gasteiger partial charge in [-0.3, -0.25) is 14.1 Å². The predicted molar refractivity (Wildman–Crippen MR) is 87.3 cm³/mol. The molecule has 0 aromatic carbocycles. The molecular formula is C17H19N5O. The fourth-order valence-electron chi connectivity index (χ4n) is 3.23. The molecule has 1 aliphatic heterocycles. The fraction of sp³-hybridized carbons (Fsp3) is 0.353. The van der Waals surface area contributed by atoms with Crippen LogP contribution in [0, 0.1) is 6.92 Å². The molecular weight excluding hydrogens is 290 g/mol. The lowest BCUT2D eigenvalue weighted by Crippen LogP contribution is -2.37. The summed E-state index contributed by atoms with van der Waals surface area (Å²) in [6.07, 6.45) is 5.69. The van der Waals surface area contributed by atoms with E-state index in [-0.39, 0.29) is 11.6 Å². The molecule has 4 rings (SSSR count). The van der Waals surface area contributed by atoms with Crippen molar-refractivity contribution in [2.75, 3.05) is 6.54 Å². The number of fused-ring (bicyclic) bond motifs is 2. The van der Waals surface area contributed by atoms with E-state index in [1.165, 1.54) is 0 Å². The number of imidazole rings is 1. The minimum atomic E-state index is -0.0279. The van der Waals surface area contributed by atoms with Gasteiger partial charge in [-0.25, -0.2) is 9.97 Å². The number of aryl methyl sites for hydroxylation is 1. The van der Waals surface area contributed by atoms with Crippen LogP contribution in [0.5, 0.6) is 0 Å². The molecule has 0 saturated carbocycles. The summed E-state index contributed by atoms with van der Waals surface area (Å²) in [6.45, 7) is 6.63. The van der Waals surface area contributed by atoms with Crippen LogP contribution in [-0.2, 0) is 13.1 Å². The SMILES string of the molecule is Cc1ccc2nc(CN3CCn4ccnc4C3C)cc(=O)n2c1. The number of hydrogen-bond acceptors (Lipinski definition) is 4. The molecule has 3 aromatic rings. The third-order valence-electron chi connectivity index (χ3n) is 4.52. The molecule has 1 aliphatic rings. The summed E-state index contributed by atoms with van der Waals surface area (Å²) < 4.78 is 3.79. The lowest BCUT2D eigenvalue weighted by molar-refractivity contribution is 0.154. The molecule has 23 heavy (non-hydrogen) atoms. The van der Waals surface area contributed by atoms with Crippen LogP contribution in [0.3, 0.4) is 0 Å². The third-order valence-corrected chi connectivity index (χ3v) is 4.52. The zero-order valence-corrected chi connectivity index (χ0v) is 13.3. The van der Waals surface area contributed by atoms with Gasteiger partial charge < -0.3 is 4.57 Å². The highest BCUT2D eigenvalue weighted by Gasteiger charge is 2.25. The number of aromatic nitrogens is 4. The lowest BCUT2D eigenvalue weighted by atomic mass is 10.2. The van der Waals surface area contributed by atoms with E-state index in [9.17, 15) is 4.79 Å². The van der Waals surface area contributed by atoms with E-state index in [4.69, 9.17) is 0 Å². The summed E-state index contributed by atoms with van der Waals surface area (Å²) in [5, 5.41) is 0. The van der Waals surface area contributed by atoms with E-state index in [0.29, 0.717) is 12.2 Å². The molecule has 0 radical (unpaired) electrons. The molecule has 0 saturated heterocycles. The van der Waals surface area contributed by atoms with Gasteiger partial charge >= 0.3 is 0 Å². The smallest absolute Gasteiger partial charge is 0.258 e. The van der Waals surface area contributed by atoms with Crippen LogP contribution in [0.4, 0.5) is 0 Å². The monoisotopic (exact) mass is 309 g/mol. The van der Waals surface area contributed by atoms with Crippen LogP contribution in [0.2, 0.25) is 0 Å². The maximum absolute atomic E-state index is 12.3. The van der Waals surface area contributed by atoms with Crippen molar-refractivity contribution in [2.45, 2.75) is 33.0 Å². The van der Waals surface area contributed by atoms with Crippen molar-refractivity contribution in [3.8, 4) is 0 Å². The second kappa shape index (κ2) is 5.31. The molecule has 3 aromatic heterocycles. The normalized spacial score (nSPS) is 18.3. The Hall–Kier alpha value is -2.47. The Labute approximate surface area is 134 Å². The first-order chi connectivity index (χ1) is 11.1. The van der Waals surface area contributed by atoms with Crippen LogP contribution in [0.25, 0.3) is 5.65 Å². The zero-order chi connectivity index (χ0) is 16.0. The molecule has 1 unspecified atom stereocenters. The summed E-state index contributed by atoms with van der Waals surface area (Å²) in [5.74, 6) is 1.07. The van der Waals surface area contributed by atoms with E-state index in [2.05, 4.69) is 26.4 Å². The van der Waals surface area contributed by atoms with E-state index in [1.54, 1.807) is 10.5 Å². The van der Waals surface area contributed by atoms with Gasteiger partial charge in [0, 0.05) is 44.3 Å². The molecule has 6 heteroatoms. The van der Waals surface area contributed by atoms with E-state index in [0.717, 1.165) is 30.2 Å². The van der Waals surface area contributed by atoms with Gasteiger partial charge in [0.2, 0.25) is 0 Å². The van der Waals surface area contributed by atoms with E-state index < -0.39 is 0 Å². The second-order valence-corrected chi connectivity index (χ2v) is 6.15. The summed E-state index contributed by atoms with van der Waals surface area (Å²) in [7, 11) is 0. The summed E-state index contributed by atoms with van der Waals surface area (Å²) in [6, 6.07) is 5.73. The number of pyridine rings is 1. The topological polar surface area (TPSA) is 55.4 Å². The minimum absolute atomic E-state index is 0.0279. The van der Waals surface area contributed by atoms with Crippen LogP contribution < -0.4 is 5.56 Å². The first-order valence-electron chi connectivity index (χ1n) is 7.86. The average molecular weight is 309 g/mol. The van der Waals surface area contributed by atoms with Gasteiger partial charge in [0.1, 0.15) is 11.5 Å². The van der Waals surface area contributed by atoms with Gasteiger partial charge in [-0.2, -0.15) is 0 Å². The number of rotatable bonds is 2. The Balaban J connectivity index is 1.66. The Morgan fingerprint density at radius 3 is 3.04 bits per heavy atom. The Morgan fingerprint density at radius 2 is 2.17 bits per heavy atom. The van der Waals surface area contributed by atoms with Crippen molar-refractivity contribution in [3.63, 3.8) is 0 Å². The zero-order valence-electron chi connectivity index (χ0n) is 13.3. The first kappa shape index (κ1) is 14.1. The highest BCUT2D eigenvalue weighted by Crippen LogP contribution is 2.24. The number of nitrogens with zero attached hydrogens (tertiary/aromatic N) is 5. The maximum Gasteiger partial charge on any atom is 0.258 e. The van der Waals surface area contributed by atoms with Gasteiger partial charge in [0.05, 0.1) is 11.7 Å². The second-order valence-electron chi connectivity index (χ2n) is 6.15. The Morgan fingerprint density at radius 1 is 1.30 bits per heavy atom. The molecule has 0 aliphatic carbocycles. The molecule has 1 atom stereocenters. The van der Waals surface area contributed by atoms with Gasteiger partial charge in [-0.1, -0.05) is 6.07 Å². The van der Waals surface area contributed by atoms with Crippen molar-refractivity contribution in [1.29, 1.82) is 0 Å². The van der Waals surface area contributed by atoms with E-state index >= 15 is 0 Å². The maximum atomic E-state index is 12.3. The highest BCUT2D eigenvalue weighted by atomic mass is 16.1. The largest absolute Gasteiger partial charge is 0.332 e. The fourth-order valence-corrected chi connectivity index (χ4v) is 3.23. The molecule has 6 nitrogen and oxygen atoms in total. The molecule has 0 spiro atoms. The predicted octanol–water partition coefficient (Wildman–Crippen LogP) is 1.78. The Bertz CT molecular complexity index is 926. The molecule has 0 bridgehead atoms. The van der Waals surface area contributed by atoms with Crippen LogP contribution in [-0.4, -0.2) is 30.4 Å². The third kappa shape index (κ3) is 2.45. The molecule has 0 fully saturated rings. The highest BCUT2D eigenvalue weighted by molar-refractivity contribution is 5.39. The molecule has 0 N–H and O–H groups in total. The van der Waals surface area contributed by atoms with Crippen molar-refractivity contribution < 1.29 is 0 Å².